The van der Waals surface area contributed by atoms with Crippen LogP contribution in [0.2, 0.25) is 0 Å². The van der Waals surface area contributed by atoms with Gasteiger partial charge in [0.15, 0.2) is 0 Å². The molecule has 1 saturated heterocycles. The number of fused-ring (bicyclic) bond motifs is 1. The number of nitrogens with zero attached hydrogens (tertiary/aromatic N) is 2. The van der Waals surface area contributed by atoms with E-state index in [-0.39, 0.29) is 0 Å². The number of ether oxygens (including phenoxy) is 2. The maximum Gasteiger partial charge on any atom is 0.213 e. The average molecular weight is 324 g/mol. The van der Waals surface area contributed by atoms with E-state index in [0.29, 0.717) is 6.61 Å². The number of likely N-dealkylation sites (tertiary alicyclic amines) is 1. The summed E-state index contributed by atoms with van der Waals surface area (Å²) in [5.41, 5.74) is 3.66. The molecule has 0 unspecified atom stereocenters. The van der Waals surface area contributed by atoms with Gasteiger partial charge in [-0.2, -0.15) is 0 Å². The Bertz CT molecular complexity index is 698. The minimum Gasteiger partial charge on any atom is -0.462 e. The van der Waals surface area contributed by atoms with Crippen molar-refractivity contribution in [2.75, 3.05) is 19.6 Å². The lowest BCUT2D eigenvalue weighted by Crippen LogP contribution is -2.54. The van der Waals surface area contributed by atoms with Gasteiger partial charge in [0.25, 0.3) is 0 Å². The highest BCUT2D eigenvalue weighted by Crippen LogP contribution is 2.40. The molecule has 3 heterocycles. The quantitative estimate of drug-likeness (QED) is 0.836. The molecular formula is C20H24N2O2. The van der Waals surface area contributed by atoms with Crippen LogP contribution < -0.4 is 4.74 Å². The van der Waals surface area contributed by atoms with Crippen LogP contribution in [-0.4, -0.2) is 42.6 Å². The topological polar surface area (TPSA) is 34.1 Å². The zero-order valence-electron chi connectivity index (χ0n) is 14.0. The molecular weight excluding hydrogens is 300 g/mol. The van der Waals surface area contributed by atoms with Crippen LogP contribution in [0.15, 0.2) is 29.3 Å². The van der Waals surface area contributed by atoms with Gasteiger partial charge in [0.2, 0.25) is 5.79 Å². The minimum absolute atomic E-state index is 0.398. The molecule has 0 aromatic heterocycles. The molecule has 0 bridgehead atoms. The van der Waals surface area contributed by atoms with Crippen molar-refractivity contribution in [2.24, 2.45) is 4.99 Å². The van der Waals surface area contributed by atoms with Crippen molar-refractivity contribution in [3.63, 3.8) is 0 Å². The predicted octanol–water partition coefficient (Wildman–Crippen LogP) is 3.41. The largest absolute Gasteiger partial charge is 0.462 e. The van der Waals surface area contributed by atoms with Crippen LogP contribution in [0.25, 0.3) is 5.57 Å². The highest BCUT2D eigenvalue weighted by atomic mass is 16.7. The molecule has 1 saturated carbocycles. The van der Waals surface area contributed by atoms with Gasteiger partial charge in [-0.05, 0) is 42.2 Å². The van der Waals surface area contributed by atoms with E-state index in [0.717, 1.165) is 49.8 Å². The molecule has 2 fully saturated rings. The van der Waals surface area contributed by atoms with Crippen LogP contribution >= 0.6 is 0 Å². The third kappa shape index (κ3) is 2.49. The first-order valence-electron chi connectivity index (χ1n) is 9.21. The zero-order valence-corrected chi connectivity index (χ0v) is 14.0. The Labute approximate surface area is 143 Å². The Hall–Kier alpha value is -1.65. The Balaban J connectivity index is 1.30. The summed E-state index contributed by atoms with van der Waals surface area (Å²) in [6.45, 7) is 3.63. The van der Waals surface area contributed by atoms with E-state index < -0.39 is 5.79 Å². The highest BCUT2D eigenvalue weighted by Gasteiger charge is 2.42. The Morgan fingerprint density at radius 3 is 2.75 bits per heavy atom. The third-order valence-electron chi connectivity index (χ3n) is 6.01. The van der Waals surface area contributed by atoms with Gasteiger partial charge in [-0.1, -0.05) is 12.5 Å². The van der Waals surface area contributed by atoms with Crippen LogP contribution in [-0.2, 0) is 11.3 Å². The normalized spacial score (nSPS) is 25.9. The number of allylic oxidation sites excluding steroid dienone is 1. The van der Waals surface area contributed by atoms with Crippen LogP contribution in [0.5, 0.6) is 5.75 Å². The Morgan fingerprint density at radius 1 is 1.17 bits per heavy atom. The molecule has 1 spiro atoms. The lowest BCUT2D eigenvalue weighted by atomic mass is 9.89. The van der Waals surface area contributed by atoms with Crippen molar-refractivity contribution in [1.82, 2.24) is 4.90 Å². The molecule has 3 aliphatic heterocycles. The second kappa shape index (κ2) is 5.71. The van der Waals surface area contributed by atoms with Gasteiger partial charge < -0.3 is 9.47 Å². The molecule has 5 rings (SSSR count). The monoisotopic (exact) mass is 324 g/mol. The van der Waals surface area contributed by atoms with Gasteiger partial charge in [0.1, 0.15) is 5.75 Å². The summed E-state index contributed by atoms with van der Waals surface area (Å²) in [5.74, 6) is 0.603. The molecule has 1 aromatic carbocycles. The molecule has 126 valence electrons. The van der Waals surface area contributed by atoms with Crippen molar-refractivity contribution >= 4 is 11.8 Å². The first kappa shape index (κ1) is 14.7. The number of benzene rings is 1. The number of hydrogen-bond acceptors (Lipinski definition) is 4. The summed E-state index contributed by atoms with van der Waals surface area (Å²) >= 11 is 0. The van der Waals surface area contributed by atoms with Gasteiger partial charge in [-0.25, -0.2) is 0 Å². The zero-order chi connectivity index (χ0) is 16.0. The van der Waals surface area contributed by atoms with Gasteiger partial charge in [0.05, 0.1) is 13.2 Å². The summed E-state index contributed by atoms with van der Waals surface area (Å²) in [6, 6.07) is 7.29. The van der Waals surface area contributed by atoms with E-state index in [9.17, 15) is 0 Å². The van der Waals surface area contributed by atoms with Crippen LogP contribution in [0.1, 0.15) is 43.2 Å². The highest BCUT2D eigenvalue weighted by molar-refractivity contribution is 5.89. The first-order valence-corrected chi connectivity index (χ1v) is 9.21. The van der Waals surface area contributed by atoms with Crippen molar-refractivity contribution < 1.29 is 9.47 Å². The second-order valence-electron chi connectivity index (χ2n) is 7.43. The number of aliphatic imine (C=N–C) groups is 1. The van der Waals surface area contributed by atoms with Crippen LogP contribution in [0.3, 0.4) is 0 Å². The molecule has 24 heavy (non-hydrogen) atoms. The number of piperidine rings is 1. The van der Waals surface area contributed by atoms with Crippen molar-refractivity contribution in [2.45, 2.75) is 50.5 Å². The molecule has 0 atom stereocenters. The fourth-order valence-electron chi connectivity index (χ4n) is 4.19. The standard InChI is InChI=1S/C20H24N2O2/c1-2-18(3-1)22-10-7-20(8-11-22)23-14-17-12-15(4-5-19(17)24-20)16-6-9-21-13-16/h4-6,9,12,18H,1-3,7-8,10-11,13-14H2. The lowest BCUT2D eigenvalue weighted by Gasteiger charge is -2.47. The second-order valence-corrected chi connectivity index (χ2v) is 7.43. The number of rotatable bonds is 2. The molecule has 0 radical (unpaired) electrons. The van der Waals surface area contributed by atoms with E-state index in [2.05, 4.69) is 34.2 Å². The number of hydrogen-bond donors (Lipinski definition) is 0. The van der Waals surface area contributed by atoms with Gasteiger partial charge in [0, 0.05) is 43.8 Å². The fourth-order valence-corrected chi connectivity index (χ4v) is 4.19. The first-order chi connectivity index (χ1) is 11.8. The summed E-state index contributed by atoms with van der Waals surface area (Å²) in [4.78, 5) is 6.90. The maximum absolute atomic E-state index is 6.36. The van der Waals surface area contributed by atoms with E-state index in [1.54, 1.807) is 0 Å². The Morgan fingerprint density at radius 2 is 2.04 bits per heavy atom. The molecule has 4 heteroatoms. The van der Waals surface area contributed by atoms with Gasteiger partial charge in [-0.3, -0.25) is 9.89 Å². The SMILES string of the molecule is C1=NCC(c2ccc3c(c2)COC2(CCN(C4CCC4)CC2)O3)=C1. The van der Waals surface area contributed by atoms with E-state index in [4.69, 9.17) is 9.47 Å². The van der Waals surface area contributed by atoms with Crippen LogP contribution in [0.4, 0.5) is 0 Å². The summed E-state index contributed by atoms with van der Waals surface area (Å²) in [6.07, 6.45) is 10.1. The molecule has 4 nitrogen and oxygen atoms in total. The fraction of sp³-hybridized carbons (Fsp3) is 0.550. The van der Waals surface area contributed by atoms with E-state index >= 15 is 0 Å². The lowest BCUT2D eigenvalue weighted by molar-refractivity contribution is -0.231. The molecule has 0 amide bonds. The van der Waals surface area contributed by atoms with Crippen LogP contribution in [0, 0.1) is 0 Å². The molecule has 4 aliphatic rings. The van der Waals surface area contributed by atoms with Crippen molar-refractivity contribution in [1.29, 1.82) is 0 Å². The molecule has 1 aliphatic carbocycles. The summed E-state index contributed by atoms with van der Waals surface area (Å²) < 4.78 is 12.6. The predicted molar refractivity (Wildman–Crippen MR) is 94.4 cm³/mol. The van der Waals surface area contributed by atoms with Crippen molar-refractivity contribution in [3.05, 3.63) is 35.4 Å². The maximum atomic E-state index is 6.36. The average Bonchev–Trinajstić information content (AvgIpc) is 3.10. The summed E-state index contributed by atoms with van der Waals surface area (Å²) in [7, 11) is 0. The Kier molecular flexibility index (Phi) is 3.49. The third-order valence-corrected chi connectivity index (χ3v) is 6.01. The van der Waals surface area contributed by atoms with Gasteiger partial charge in [-0.15, -0.1) is 0 Å². The molecule has 0 N–H and O–H groups in total. The van der Waals surface area contributed by atoms with E-state index in [1.807, 2.05) is 6.21 Å². The van der Waals surface area contributed by atoms with Crippen molar-refractivity contribution in [3.8, 4) is 5.75 Å². The summed E-state index contributed by atoms with van der Waals surface area (Å²) in [5, 5.41) is 0. The molecule has 1 aromatic rings. The smallest absolute Gasteiger partial charge is 0.213 e. The minimum atomic E-state index is -0.398. The van der Waals surface area contributed by atoms with Gasteiger partial charge >= 0.3 is 0 Å². The van der Waals surface area contributed by atoms with E-state index in [1.165, 1.54) is 30.4 Å².